The van der Waals surface area contributed by atoms with Gasteiger partial charge < -0.3 is 15.2 Å². The SMILES string of the molecule is C=C(Oc1ccc(CN)cc1C)C(=O)OCC. The van der Waals surface area contributed by atoms with E-state index >= 15 is 0 Å². The molecule has 0 spiro atoms. The van der Waals surface area contributed by atoms with Gasteiger partial charge in [0.2, 0.25) is 5.76 Å². The van der Waals surface area contributed by atoms with Gasteiger partial charge >= 0.3 is 5.97 Å². The Bertz CT molecular complexity index is 427. The molecule has 0 saturated heterocycles. The van der Waals surface area contributed by atoms with Crippen molar-refractivity contribution in [2.75, 3.05) is 6.61 Å². The van der Waals surface area contributed by atoms with E-state index in [1.54, 1.807) is 13.0 Å². The third-order valence-electron chi connectivity index (χ3n) is 2.21. The minimum atomic E-state index is -0.546. The summed E-state index contributed by atoms with van der Waals surface area (Å²) in [5, 5.41) is 0. The maximum absolute atomic E-state index is 11.3. The van der Waals surface area contributed by atoms with Crippen LogP contribution in [0.4, 0.5) is 0 Å². The van der Waals surface area contributed by atoms with Gasteiger partial charge in [-0.25, -0.2) is 4.79 Å². The molecule has 4 nitrogen and oxygen atoms in total. The van der Waals surface area contributed by atoms with Crippen LogP contribution in [-0.2, 0) is 16.1 Å². The molecule has 0 unspecified atom stereocenters. The highest BCUT2D eigenvalue weighted by atomic mass is 16.6. The average molecular weight is 235 g/mol. The molecule has 0 aliphatic heterocycles. The summed E-state index contributed by atoms with van der Waals surface area (Å²) in [6, 6.07) is 5.52. The van der Waals surface area contributed by atoms with E-state index in [-0.39, 0.29) is 5.76 Å². The lowest BCUT2D eigenvalue weighted by Crippen LogP contribution is -2.12. The molecule has 4 heteroatoms. The third kappa shape index (κ3) is 3.60. The van der Waals surface area contributed by atoms with E-state index < -0.39 is 5.97 Å². The van der Waals surface area contributed by atoms with E-state index in [4.69, 9.17) is 15.2 Å². The van der Waals surface area contributed by atoms with Gasteiger partial charge in [0.1, 0.15) is 5.75 Å². The molecule has 0 aliphatic rings. The monoisotopic (exact) mass is 235 g/mol. The van der Waals surface area contributed by atoms with Crippen molar-refractivity contribution < 1.29 is 14.3 Å². The number of esters is 1. The Morgan fingerprint density at radius 2 is 2.18 bits per heavy atom. The number of benzene rings is 1. The normalized spacial score (nSPS) is 9.82. The van der Waals surface area contributed by atoms with E-state index in [1.165, 1.54) is 0 Å². The fraction of sp³-hybridized carbons (Fsp3) is 0.308. The van der Waals surface area contributed by atoms with Gasteiger partial charge in [0.25, 0.3) is 0 Å². The zero-order chi connectivity index (χ0) is 12.8. The Kier molecular flexibility index (Phi) is 4.72. The van der Waals surface area contributed by atoms with Gasteiger partial charge in [-0.15, -0.1) is 0 Å². The Morgan fingerprint density at radius 3 is 2.71 bits per heavy atom. The molecule has 0 fully saturated rings. The fourth-order valence-electron chi connectivity index (χ4n) is 1.34. The summed E-state index contributed by atoms with van der Waals surface area (Å²) in [5.74, 6) is 0.0190. The van der Waals surface area contributed by atoms with Gasteiger partial charge in [-0.3, -0.25) is 0 Å². The molecule has 0 saturated carbocycles. The lowest BCUT2D eigenvalue weighted by Gasteiger charge is -2.10. The Morgan fingerprint density at radius 1 is 1.47 bits per heavy atom. The first-order chi connectivity index (χ1) is 8.08. The number of hydrogen-bond donors (Lipinski definition) is 1. The molecule has 17 heavy (non-hydrogen) atoms. The highest BCUT2D eigenvalue weighted by molar-refractivity contribution is 5.86. The molecule has 1 rings (SSSR count). The second-order valence-corrected chi connectivity index (χ2v) is 3.55. The molecular weight excluding hydrogens is 218 g/mol. The van der Waals surface area contributed by atoms with Crippen LogP contribution in [0.1, 0.15) is 18.1 Å². The van der Waals surface area contributed by atoms with Crippen LogP contribution in [0.25, 0.3) is 0 Å². The van der Waals surface area contributed by atoms with Crippen molar-refractivity contribution in [3.63, 3.8) is 0 Å². The number of rotatable bonds is 5. The van der Waals surface area contributed by atoms with Crippen LogP contribution in [0, 0.1) is 6.92 Å². The van der Waals surface area contributed by atoms with E-state index in [0.29, 0.717) is 18.9 Å². The Hall–Kier alpha value is -1.81. The average Bonchev–Trinajstić information content (AvgIpc) is 2.31. The lowest BCUT2D eigenvalue weighted by atomic mass is 10.1. The molecule has 1 aromatic rings. The van der Waals surface area contributed by atoms with Gasteiger partial charge in [0, 0.05) is 6.54 Å². The second-order valence-electron chi connectivity index (χ2n) is 3.55. The van der Waals surface area contributed by atoms with E-state index in [1.807, 2.05) is 19.1 Å². The predicted octanol–water partition coefficient (Wildman–Crippen LogP) is 1.91. The number of carbonyl (C=O) groups excluding carboxylic acids is 1. The van der Waals surface area contributed by atoms with E-state index in [0.717, 1.165) is 11.1 Å². The van der Waals surface area contributed by atoms with Crippen molar-refractivity contribution in [1.29, 1.82) is 0 Å². The molecule has 1 aromatic carbocycles. The topological polar surface area (TPSA) is 61.5 Å². The van der Waals surface area contributed by atoms with Crippen molar-refractivity contribution in [1.82, 2.24) is 0 Å². The van der Waals surface area contributed by atoms with Gasteiger partial charge in [-0.1, -0.05) is 12.1 Å². The molecule has 0 heterocycles. The van der Waals surface area contributed by atoms with Crippen LogP contribution in [-0.4, -0.2) is 12.6 Å². The fourth-order valence-corrected chi connectivity index (χ4v) is 1.34. The standard InChI is InChI=1S/C13H17NO3/c1-4-16-13(15)10(3)17-12-6-5-11(8-14)7-9(12)2/h5-7H,3-4,8,14H2,1-2H3. The summed E-state index contributed by atoms with van der Waals surface area (Å²) in [6.45, 7) is 7.91. The predicted molar refractivity (Wildman–Crippen MR) is 65.5 cm³/mol. The first kappa shape index (κ1) is 13.3. The van der Waals surface area contributed by atoms with Crippen LogP contribution < -0.4 is 10.5 Å². The van der Waals surface area contributed by atoms with Crippen molar-refractivity contribution in [2.45, 2.75) is 20.4 Å². The first-order valence-electron chi connectivity index (χ1n) is 5.42. The lowest BCUT2D eigenvalue weighted by molar-refractivity contribution is -0.140. The molecule has 0 amide bonds. The van der Waals surface area contributed by atoms with Crippen LogP contribution >= 0.6 is 0 Å². The number of aryl methyl sites for hydroxylation is 1. The van der Waals surface area contributed by atoms with Gasteiger partial charge in [0.15, 0.2) is 0 Å². The van der Waals surface area contributed by atoms with Gasteiger partial charge in [-0.05, 0) is 37.6 Å². The molecule has 0 bridgehead atoms. The summed E-state index contributed by atoms with van der Waals surface area (Å²) in [6.07, 6.45) is 0. The minimum Gasteiger partial charge on any atom is -0.460 e. The quantitative estimate of drug-likeness (QED) is 0.481. The molecule has 2 N–H and O–H groups in total. The zero-order valence-electron chi connectivity index (χ0n) is 10.2. The first-order valence-corrected chi connectivity index (χ1v) is 5.42. The highest BCUT2D eigenvalue weighted by Crippen LogP contribution is 2.21. The minimum absolute atomic E-state index is 0.0181. The number of carbonyl (C=O) groups is 1. The third-order valence-corrected chi connectivity index (χ3v) is 2.21. The summed E-state index contributed by atoms with van der Waals surface area (Å²) in [7, 11) is 0. The van der Waals surface area contributed by atoms with Crippen LogP contribution in [0.5, 0.6) is 5.75 Å². The van der Waals surface area contributed by atoms with Crippen molar-refractivity contribution in [3.05, 3.63) is 41.7 Å². The molecule has 0 radical (unpaired) electrons. The summed E-state index contributed by atoms with van der Waals surface area (Å²) < 4.78 is 10.1. The molecule has 92 valence electrons. The second kappa shape index (κ2) is 6.06. The molecule has 0 aliphatic carbocycles. The maximum atomic E-state index is 11.3. The largest absolute Gasteiger partial charge is 0.460 e. The molecule has 0 atom stereocenters. The number of nitrogens with two attached hydrogens (primary N) is 1. The summed E-state index contributed by atoms with van der Waals surface area (Å²) in [4.78, 5) is 11.3. The van der Waals surface area contributed by atoms with E-state index in [2.05, 4.69) is 6.58 Å². The van der Waals surface area contributed by atoms with Crippen molar-refractivity contribution in [3.8, 4) is 5.75 Å². The van der Waals surface area contributed by atoms with Gasteiger partial charge in [0.05, 0.1) is 6.61 Å². The van der Waals surface area contributed by atoms with Crippen LogP contribution in [0.15, 0.2) is 30.5 Å². The number of hydrogen-bond acceptors (Lipinski definition) is 4. The highest BCUT2D eigenvalue weighted by Gasteiger charge is 2.11. The smallest absolute Gasteiger partial charge is 0.373 e. The summed E-state index contributed by atoms with van der Waals surface area (Å²) in [5.41, 5.74) is 7.44. The molecule has 0 aromatic heterocycles. The van der Waals surface area contributed by atoms with Gasteiger partial charge in [-0.2, -0.15) is 0 Å². The Balaban J connectivity index is 2.75. The molecular formula is C13H17NO3. The van der Waals surface area contributed by atoms with Crippen molar-refractivity contribution >= 4 is 5.97 Å². The van der Waals surface area contributed by atoms with Crippen LogP contribution in [0.2, 0.25) is 0 Å². The van der Waals surface area contributed by atoms with Crippen molar-refractivity contribution in [2.24, 2.45) is 5.73 Å². The van der Waals surface area contributed by atoms with Crippen LogP contribution in [0.3, 0.4) is 0 Å². The van der Waals surface area contributed by atoms with E-state index in [9.17, 15) is 4.79 Å². The maximum Gasteiger partial charge on any atom is 0.373 e. The summed E-state index contributed by atoms with van der Waals surface area (Å²) >= 11 is 0. The number of ether oxygens (including phenoxy) is 2. The zero-order valence-corrected chi connectivity index (χ0v) is 10.2. The Labute approximate surface area is 101 Å².